The van der Waals surface area contributed by atoms with Crippen molar-refractivity contribution in [3.63, 3.8) is 0 Å². The van der Waals surface area contributed by atoms with Crippen molar-refractivity contribution in [1.29, 1.82) is 5.41 Å². The maximum absolute atomic E-state index is 7.55. The molecular weight excluding hydrogens is 448 g/mol. The van der Waals surface area contributed by atoms with Gasteiger partial charge in [-0.1, -0.05) is 0 Å². The van der Waals surface area contributed by atoms with Crippen LogP contribution in [0.2, 0.25) is 0 Å². The predicted octanol–water partition coefficient (Wildman–Crippen LogP) is 4.39. The first-order valence-corrected chi connectivity index (χ1v) is 12.0. The summed E-state index contributed by atoms with van der Waals surface area (Å²) < 4.78 is 12.3. The van der Waals surface area contributed by atoms with Crippen molar-refractivity contribution in [3.8, 4) is 17.1 Å². The Balaban J connectivity index is 1.33. The number of nitrogens with two attached hydrogens (primary N) is 1. The number of hydrogen-bond donors (Lipinski definition) is 3. The number of aromatic nitrogens is 2. The van der Waals surface area contributed by atoms with Crippen LogP contribution in [0, 0.1) is 5.41 Å². The van der Waals surface area contributed by atoms with Crippen LogP contribution >= 0.6 is 11.3 Å². The summed E-state index contributed by atoms with van der Waals surface area (Å²) in [6.07, 6.45) is 1.25. The molecule has 9 heteroatoms. The Morgan fingerprint density at radius 1 is 1.12 bits per heavy atom. The van der Waals surface area contributed by atoms with E-state index < -0.39 is 0 Å². The summed E-state index contributed by atoms with van der Waals surface area (Å²) in [6, 6.07) is 15.4. The van der Waals surface area contributed by atoms with E-state index in [0.29, 0.717) is 23.7 Å². The molecule has 0 radical (unpaired) electrons. The fraction of sp³-hybridized carbons (Fsp3) is 0.240. The van der Waals surface area contributed by atoms with E-state index in [1.165, 1.54) is 6.21 Å². The highest BCUT2D eigenvalue weighted by atomic mass is 32.1. The number of nitrogens with zero attached hydrogens (tertiary/aromatic N) is 3. The molecule has 8 nitrogen and oxygen atoms in total. The van der Waals surface area contributed by atoms with Crippen molar-refractivity contribution >= 4 is 45.0 Å². The Bertz CT molecular complexity index is 1280. The Morgan fingerprint density at radius 3 is 2.74 bits per heavy atom. The van der Waals surface area contributed by atoms with Crippen LogP contribution in [0.25, 0.3) is 21.6 Å². The molecule has 2 aromatic carbocycles. The van der Waals surface area contributed by atoms with E-state index in [2.05, 4.69) is 10.2 Å². The highest BCUT2D eigenvalue weighted by Gasteiger charge is 2.13. The second-order valence-corrected chi connectivity index (χ2v) is 8.89. The molecule has 0 spiro atoms. The van der Waals surface area contributed by atoms with Gasteiger partial charge in [-0.05, 0) is 53.9 Å². The maximum Gasteiger partial charge on any atom is 0.162 e. The zero-order chi connectivity index (χ0) is 23.3. The van der Waals surface area contributed by atoms with Gasteiger partial charge in [-0.25, -0.2) is 9.97 Å². The highest BCUT2D eigenvalue weighted by Crippen LogP contribution is 2.32. The Morgan fingerprint density at radius 2 is 1.94 bits per heavy atom. The third-order valence-corrected chi connectivity index (χ3v) is 6.61. The normalized spacial score (nSPS) is 14.2. The predicted molar refractivity (Wildman–Crippen MR) is 138 cm³/mol. The van der Waals surface area contributed by atoms with Crippen molar-refractivity contribution in [3.05, 3.63) is 59.5 Å². The summed E-state index contributed by atoms with van der Waals surface area (Å²) in [5.74, 6) is 2.19. The molecule has 0 saturated carbocycles. The van der Waals surface area contributed by atoms with Gasteiger partial charge in [0.2, 0.25) is 0 Å². The monoisotopic (exact) mass is 474 g/mol. The Kier molecular flexibility index (Phi) is 6.66. The molecule has 1 aliphatic rings. The zero-order valence-corrected chi connectivity index (χ0v) is 19.5. The topological polar surface area (TPSA) is 109 Å². The molecule has 34 heavy (non-hydrogen) atoms. The van der Waals surface area contributed by atoms with Gasteiger partial charge in [0.1, 0.15) is 12.4 Å². The lowest BCUT2D eigenvalue weighted by atomic mass is 10.1. The van der Waals surface area contributed by atoms with Crippen molar-refractivity contribution in [1.82, 2.24) is 14.9 Å². The molecule has 1 fully saturated rings. The van der Waals surface area contributed by atoms with Gasteiger partial charge < -0.3 is 25.9 Å². The molecule has 0 atom stereocenters. The Hall–Kier alpha value is -3.53. The van der Waals surface area contributed by atoms with Crippen LogP contribution in [0.5, 0.6) is 5.75 Å². The second-order valence-electron chi connectivity index (χ2n) is 7.97. The largest absolute Gasteiger partial charge is 0.492 e. The van der Waals surface area contributed by atoms with Gasteiger partial charge in [-0.15, -0.1) is 11.3 Å². The fourth-order valence-corrected chi connectivity index (χ4v) is 4.58. The molecule has 3 heterocycles. The van der Waals surface area contributed by atoms with Crippen LogP contribution in [0.3, 0.4) is 0 Å². The summed E-state index contributed by atoms with van der Waals surface area (Å²) >= 11 is 1.58. The molecule has 4 aromatic rings. The van der Waals surface area contributed by atoms with Crippen LogP contribution in [-0.2, 0) is 4.74 Å². The fourth-order valence-electron chi connectivity index (χ4n) is 3.81. The van der Waals surface area contributed by atoms with Crippen LogP contribution in [0.4, 0.5) is 17.2 Å². The van der Waals surface area contributed by atoms with Gasteiger partial charge in [0, 0.05) is 48.4 Å². The summed E-state index contributed by atoms with van der Waals surface area (Å²) in [7, 11) is 0. The molecule has 0 aliphatic carbocycles. The second kappa shape index (κ2) is 10.2. The molecule has 1 saturated heterocycles. The smallest absolute Gasteiger partial charge is 0.162 e. The zero-order valence-electron chi connectivity index (χ0n) is 18.7. The molecule has 1 aliphatic heterocycles. The molecule has 0 amide bonds. The number of nitrogen functional groups attached to an aromatic ring is 1. The first-order valence-electron chi connectivity index (χ1n) is 11.2. The van der Waals surface area contributed by atoms with Crippen molar-refractivity contribution in [2.24, 2.45) is 0 Å². The van der Waals surface area contributed by atoms with Gasteiger partial charge in [0.15, 0.2) is 11.6 Å². The molecule has 5 rings (SSSR count). The summed E-state index contributed by atoms with van der Waals surface area (Å²) in [4.78, 5) is 11.9. The summed E-state index contributed by atoms with van der Waals surface area (Å²) in [5.41, 5.74) is 9.76. The summed E-state index contributed by atoms with van der Waals surface area (Å²) in [5, 5.41) is 12.9. The third kappa shape index (κ3) is 5.01. The summed E-state index contributed by atoms with van der Waals surface area (Å²) in [6.45, 7) is 5.04. The van der Waals surface area contributed by atoms with Crippen LogP contribution in [-0.4, -0.2) is 60.5 Å². The molecule has 4 N–H and O–H groups in total. The van der Waals surface area contributed by atoms with E-state index >= 15 is 0 Å². The van der Waals surface area contributed by atoms with Gasteiger partial charge in [0.05, 0.1) is 23.4 Å². The molecule has 2 aromatic heterocycles. The average molecular weight is 475 g/mol. The quantitative estimate of drug-likeness (QED) is 0.257. The van der Waals surface area contributed by atoms with Crippen molar-refractivity contribution in [2.45, 2.75) is 0 Å². The minimum atomic E-state index is 0.567. The number of anilines is 3. The van der Waals surface area contributed by atoms with Crippen molar-refractivity contribution < 1.29 is 9.47 Å². The number of benzene rings is 2. The van der Waals surface area contributed by atoms with E-state index in [9.17, 15) is 0 Å². The SMILES string of the molecule is N=Cc1cc(Nc2nc(-c3ccc(OCCN4CCOCC4)cc3)nc3ccsc23)ccc1N. The number of rotatable bonds is 8. The molecule has 0 unspecified atom stereocenters. The van der Waals surface area contributed by atoms with E-state index in [0.717, 1.165) is 65.9 Å². The number of hydrogen-bond acceptors (Lipinski definition) is 9. The van der Waals surface area contributed by atoms with E-state index in [4.69, 9.17) is 30.6 Å². The minimum absolute atomic E-state index is 0.567. The first kappa shape index (κ1) is 22.3. The van der Waals surface area contributed by atoms with Gasteiger partial charge in [-0.3, -0.25) is 4.90 Å². The Labute approximate surface area is 201 Å². The number of thiophene rings is 1. The number of ether oxygens (including phenoxy) is 2. The van der Waals surface area contributed by atoms with E-state index in [1.807, 2.05) is 47.8 Å². The molecule has 174 valence electrons. The molecular formula is C25H26N6O2S. The van der Waals surface area contributed by atoms with Crippen LogP contribution < -0.4 is 15.8 Å². The third-order valence-electron chi connectivity index (χ3n) is 5.70. The lowest BCUT2D eigenvalue weighted by molar-refractivity contribution is 0.0322. The highest BCUT2D eigenvalue weighted by molar-refractivity contribution is 7.17. The standard InChI is InChI=1S/C25H26N6O2S/c26-16-18-15-19(3-6-21(18)27)28-25-23-22(7-14-34-23)29-24(30-25)17-1-4-20(5-2-17)33-13-10-31-8-11-32-12-9-31/h1-7,14-16,26H,8-13,27H2,(H,28,29,30). The van der Waals surface area contributed by atoms with Crippen LogP contribution in [0.1, 0.15) is 5.56 Å². The van der Waals surface area contributed by atoms with E-state index in [1.54, 1.807) is 17.4 Å². The maximum atomic E-state index is 7.55. The minimum Gasteiger partial charge on any atom is -0.492 e. The van der Waals surface area contributed by atoms with Gasteiger partial charge >= 0.3 is 0 Å². The number of morpholine rings is 1. The number of nitrogens with one attached hydrogen (secondary N) is 2. The number of fused-ring (bicyclic) bond motifs is 1. The van der Waals surface area contributed by atoms with Gasteiger partial charge in [0.25, 0.3) is 0 Å². The van der Waals surface area contributed by atoms with Gasteiger partial charge in [-0.2, -0.15) is 0 Å². The lowest BCUT2D eigenvalue weighted by Crippen LogP contribution is -2.38. The van der Waals surface area contributed by atoms with E-state index in [-0.39, 0.29) is 0 Å². The average Bonchev–Trinajstić information content (AvgIpc) is 3.35. The van der Waals surface area contributed by atoms with Crippen LogP contribution in [0.15, 0.2) is 53.9 Å². The lowest BCUT2D eigenvalue weighted by Gasteiger charge is -2.26. The first-order chi connectivity index (χ1) is 16.7. The molecule has 0 bridgehead atoms. The van der Waals surface area contributed by atoms with Crippen molar-refractivity contribution in [2.75, 3.05) is 50.5 Å².